The summed E-state index contributed by atoms with van der Waals surface area (Å²) >= 11 is 2.30. The van der Waals surface area contributed by atoms with Crippen LogP contribution in [0.1, 0.15) is 23.1 Å². The fraction of sp³-hybridized carbons (Fsp3) is 0.211. The maximum absolute atomic E-state index is 13.0. The first-order valence-electron chi connectivity index (χ1n) is 8.37. The van der Waals surface area contributed by atoms with Crippen LogP contribution in [0.25, 0.3) is 0 Å². The van der Waals surface area contributed by atoms with Crippen molar-refractivity contribution in [3.05, 3.63) is 71.3 Å². The Kier molecular flexibility index (Phi) is 6.69. The lowest BCUT2D eigenvalue weighted by molar-refractivity contribution is -0.138. The van der Waals surface area contributed by atoms with Gasteiger partial charge in [-0.05, 0) is 23.6 Å². The number of rotatable bonds is 7. The van der Waals surface area contributed by atoms with Crippen molar-refractivity contribution in [3.63, 3.8) is 0 Å². The normalized spacial score (nSPS) is 11.4. The Balaban J connectivity index is 1.53. The second-order valence-electron chi connectivity index (χ2n) is 5.85. The number of nitrogens with one attached hydrogen (secondary N) is 1. The van der Waals surface area contributed by atoms with E-state index in [0.717, 1.165) is 34.7 Å². The number of aryl methyl sites for hydroxylation is 1. The predicted molar refractivity (Wildman–Crippen MR) is 104 cm³/mol. The van der Waals surface area contributed by atoms with Crippen molar-refractivity contribution in [3.8, 4) is 0 Å². The van der Waals surface area contributed by atoms with E-state index < -0.39 is 11.7 Å². The summed E-state index contributed by atoms with van der Waals surface area (Å²) in [7, 11) is 0. The van der Waals surface area contributed by atoms with Gasteiger partial charge in [0, 0.05) is 12.2 Å². The van der Waals surface area contributed by atoms with Crippen molar-refractivity contribution < 1.29 is 18.0 Å². The van der Waals surface area contributed by atoms with Crippen molar-refractivity contribution >= 4 is 34.1 Å². The number of hydrogen-bond acceptors (Lipinski definition) is 5. The Morgan fingerprint density at radius 1 is 1.04 bits per heavy atom. The predicted octanol–water partition coefficient (Wildman–Crippen LogP) is 5.42. The van der Waals surface area contributed by atoms with Crippen molar-refractivity contribution in [2.75, 3.05) is 5.32 Å². The zero-order valence-electron chi connectivity index (χ0n) is 14.6. The fourth-order valence-corrected chi connectivity index (χ4v) is 4.24. The van der Waals surface area contributed by atoms with Crippen LogP contribution in [-0.2, 0) is 23.1 Å². The van der Waals surface area contributed by atoms with Gasteiger partial charge in [-0.15, -0.1) is 10.2 Å². The lowest BCUT2D eigenvalue weighted by Crippen LogP contribution is -2.12. The third-order valence-electron chi connectivity index (χ3n) is 3.81. The second-order valence-corrected chi connectivity index (χ2v) is 8.05. The largest absolute Gasteiger partial charge is 0.416 e. The van der Waals surface area contributed by atoms with Crippen LogP contribution in [0.4, 0.5) is 18.3 Å². The van der Waals surface area contributed by atoms with E-state index in [1.807, 2.05) is 30.3 Å². The van der Waals surface area contributed by atoms with Gasteiger partial charge in [-0.1, -0.05) is 71.6 Å². The molecule has 1 N–H and O–H groups in total. The van der Waals surface area contributed by atoms with E-state index in [-0.39, 0.29) is 17.2 Å². The molecular formula is C19H16F3N3OS2. The van der Waals surface area contributed by atoms with Crippen LogP contribution in [-0.4, -0.2) is 16.1 Å². The van der Waals surface area contributed by atoms with E-state index in [1.165, 1.54) is 12.1 Å². The molecule has 0 aliphatic heterocycles. The van der Waals surface area contributed by atoms with Gasteiger partial charge in [0.1, 0.15) is 0 Å². The summed E-state index contributed by atoms with van der Waals surface area (Å²) in [5.74, 6) is -0.0642. The minimum atomic E-state index is -4.39. The van der Waals surface area contributed by atoms with Crippen LogP contribution in [0, 0.1) is 0 Å². The Morgan fingerprint density at radius 3 is 2.50 bits per heavy atom. The number of thioether (sulfide) groups is 1. The molecule has 0 unspecified atom stereocenters. The number of nitrogens with zero attached hydrogens (tertiary/aromatic N) is 2. The molecule has 0 radical (unpaired) electrons. The molecule has 4 nitrogen and oxygen atoms in total. The maximum atomic E-state index is 13.0. The van der Waals surface area contributed by atoms with E-state index in [0.29, 0.717) is 22.3 Å². The first-order valence-corrected chi connectivity index (χ1v) is 10.2. The molecular weight excluding hydrogens is 407 g/mol. The summed E-state index contributed by atoms with van der Waals surface area (Å²) in [5.41, 5.74) is 0.597. The quantitative estimate of drug-likeness (QED) is 0.407. The lowest BCUT2D eigenvalue weighted by Gasteiger charge is -2.11. The summed E-state index contributed by atoms with van der Waals surface area (Å²) in [5, 5.41) is 10.8. The van der Waals surface area contributed by atoms with Crippen LogP contribution in [0.15, 0.2) is 58.9 Å². The number of anilines is 1. The molecule has 0 fully saturated rings. The Hall–Kier alpha value is -2.39. The average molecular weight is 423 g/mol. The number of carbonyl (C=O) groups is 1. The smallest absolute Gasteiger partial charge is 0.300 e. The minimum Gasteiger partial charge on any atom is -0.300 e. The average Bonchev–Trinajstić information content (AvgIpc) is 3.12. The summed E-state index contributed by atoms with van der Waals surface area (Å²) in [4.78, 5) is 12.0. The molecule has 0 bridgehead atoms. The molecule has 3 aromatic rings. The van der Waals surface area contributed by atoms with Crippen molar-refractivity contribution in [2.24, 2.45) is 0 Å². The Morgan fingerprint density at radius 2 is 1.75 bits per heavy atom. The number of halogens is 3. The molecule has 1 amide bonds. The highest BCUT2D eigenvalue weighted by atomic mass is 32.2. The van der Waals surface area contributed by atoms with Gasteiger partial charge in [-0.25, -0.2) is 0 Å². The fourth-order valence-electron chi connectivity index (χ4n) is 2.47. The van der Waals surface area contributed by atoms with Crippen molar-refractivity contribution in [1.82, 2.24) is 10.2 Å². The molecule has 0 saturated carbocycles. The maximum Gasteiger partial charge on any atom is 0.416 e. The molecule has 0 aliphatic carbocycles. The molecule has 3 rings (SSSR count). The van der Waals surface area contributed by atoms with Gasteiger partial charge < -0.3 is 5.32 Å². The van der Waals surface area contributed by atoms with Crippen LogP contribution in [0.2, 0.25) is 0 Å². The Labute approximate surface area is 168 Å². The second kappa shape index (κ2) is 9.20. The van der Waals surface area contributed by atoms with Crippen molar-refractivity contribution in [2.45, 2.75) is 29.1 Å². The molecule has 2 aromatic carbocycles. The first kappa shape index (κ1) is 20.3. The van der Waals surface area contributed by atoms with E-state index >= 15 is 0 Å². The van der Waals surface area contributed by atoms with Crippen LogP contribution in [0.5, 0.6) is 0 Å². The van der Waals surface area contributed by atoms with E-state index in [1.54, 1.807) is 6.07 Å². The summed E-state index contributed by atoms with van der Waals surface area (Å²) in [6, 6.07) is 15.1. The van der Waals surface area contributed by atoms with Crippen molar-refractivity contribution in [1.29, 1.82) is 0 Å². The van der Waals surface area contributed by atoms with Gasteiger partial charge in [0.2, 0.25) is 11.0 Å². The molecule has 28 heavy (non-hydrogen) atoms. The standard InChI is InChI=1S/C19H16F3N3OS2/c20-19(21,22)15-9-5-4-8-14(15)12-27-18-25-24-17(28-18)23-16(26)11-10-13-6-2-1-3-7-13/h1-9H,10-12H2,(H,23,24,26). The molecule has 0 atom stereocenters. The van der Waals surface area contributed by atoms with Gasteiger partial charge >= 0.3 is 6.18 Å². The molecule has 1 heterocycles. The van der Waals surface area contributed by atoms with Gasteiger partial charge in [-0.3, -0.25) is 4.79 Å². The van der Waals surface area contributed by atoms with Gasteiger partial charge in [0.25, 0.3) is 0 Å². The first-order chi connectivity index (χ1) is 13.4. The molecule has 146 valence electrons. The number of carbonyl (C=O) groups excluding carboxylic acids is 1. The zero-order valence-corrected chi connectivity index (χ0v) is 16.2. The van der Waals surface area contributed by atoms with Crippen LogP contribution < -0.4 is 5.32 Å². The van der Waals surface area contributed by atoms with Crippen LogP contribution in [0.3, 0.4) is 0 Å². The monoisotopic (exact) mass is 423 g/mol. The highest BCUT2D eigenvalue weighted by Gasteiger charge is 2.32. The topological polar surface area (TPSA) is 54.9 Å². The zero-order chi connectivity index (χ0) is 20.0. The van der Waals surface area contributed by atoms with E-state index in [9.17, 15) is 18.0 Å². The summed E-state index contributed by atoms with van der Waals surface area (Å²) < 4.78 is 39.6. The Bertz CT molecular complexity index is 929. The van der Waals surface area contributed by atoms with Crippen LogP contribution >= 0.6 is 23.1 Å². The van der Waals surface area contributed by atoms with E-state index in [4.69, 9.17) is 0 Å². The SMILES string of the molecule is O=C(CCc1ccccc1)Nc1nnc(SCc2ccccc2C(F)(F)F)s1. The highest BCUT2D eigenvalue weighted by molar-refractivity contribution is 8.00. The molecule has 1 aromatic heterocycles. The molecule has 0 spiro atoms. The van der Waals surface area contributed by atoms with Gasteiger partial charge in [0.05, 0.1) is 5.56 Å². The van der Waals surface area contributed by atoms with E-state index in [2.05, 4.69) is 15.5 Å². The number of hydrogen-bond donors (Lipinski definition) is 1. The summed E-state index contributed by atoms with van der Waals surface area (Å²) in [6.07, 6.45) is -3.47. The number of alkyl halides is 3. The lowest BCUT2D eigenvalue weighted by atomic mass is 10.1. The number of amides is 1. The third-order valence-corrected chi connectivity index (χ3v) is 5.83. The molecule has 9 heteroatoms. The summed E-state index contributed by atoms with van der Waals surface area (Å²) in [6.45, 7) is 0. The van der Waals surface area contributed by atoms with Gasteiger partial charge in [-0.2, -0.15) is 13.2 Å². The third kappa shape index (κ3) is 5.80. The molecule has 0 aliphatic rings. The number of benzene rings is 2. The highest BCUT2D eigenvalue weighted by Crippen LogP contribution is 2.35. The number of aromatic nitrogens is 2. The van der Waals surface area contributed by atoms with Gasteiger partial charge in [0.15, 0.2) is 4.34 Å². The molecule has 0 saturated heterocycles. The minimum absolute atomic E-state index is 0.117.